The average molecular weight is 298 g/mol. The van der Waals surface area contributed by atoms with Crippen molar-refractivity contribution in [1.29, 1.82) is 5.26 Å². The predicted octanol–water partition coefficient (Wildman–Crippen LogP) is 3.61. The maximum absolute atomic E-state index is 11.5. The van der Waals surface area contributed by atoms with Crippen molar-refractivity contribution < 1.29 is 4.79 Å². The summed E-state index contributed by atoms with van der Waals surface area (Å²) in [5.41, 5.74) is 0.146. The van der Waals surface area contributed by atoms with Crippen molar-refractivity contribution in [3.8, 4) is 6.19 Å². The molecule has 0 saturated heterocycles. The second-order valence-corrected chi connectivity index (χ2v) is 4.53. The molecular formula is C9H4Cl4N2O. The lowest BCUT2D eigenvalue weighted by Gasteiger charge is -2.15. The number of nitrogens with zero attached hydrogens (tertiary/aromatic N) is 2. The van der Waals surface area contributed by atoms with Crippen LogP contribution in [-0.4, -0.2) is 10.7 Å². The molecule has 1 amide bonds. The lowest BCUT2D eigenvalue weighted by Crippen LogP contribution is -2.30. The second-order valence-electron chi connectivity index (χ2n) is 2.65. The number of nitriles is 1. The molecule has 0 atom stereocenters. The summed E-state index contributed by atoms with van der Waals surface area (Å²) in [5, 5.41) is 9.17. The zero-order valence-corrected chi connectivity index (χ0v) is 10.6. The molecule has 0 N–H and O–H groups in total. The van der Waals surface area contributed by atoms with Gasteiger partial charge in [-0.2, -0.15) is 5.26 Å². The molecule has 1 aromatic rings. The highest BCUT2D eigenvalue weighted by atomic mass is 35.5. The Morgan fingerprint density at radius 3 is 2.50 bits per heavy atom. The van der Waals surface area contributed by atoms with Gasteiger partial charge in [0.15, 0.2) is 11.0 Å². The molecule has 0 bridgehead atoms. The molecule has 0 aliphatic carbocycles. The highest BCUT2D eigenvalue weighted by Gasteiger charge is 2.24. The lowest BCUT2D eigenvalue weighted by molar-refractivity contribution is -0.116. The number of benzene rings is 1. The minimum Gasteiger partial charge on any atom is -0.270 e. The van der Waals surface area contributed by atoms with E-state index >= 15 is 0 Å². The third kappa shape index (κ3) is 2.72. The molecule has 7 heteroatoms. The lowest BCUT2D eigenvalue weighted by atomic mass is 10.3. The fourth-order valence-electron chi connectivity index (χ4n) is 0.985. The maximum atomic E-state index is 11.5. The number of anilines is 1. The molecule has 0 aliphatic heterocycles. The smallest absolute Gasteiger partial charge is 0.270 e. The van der Waals surface area contributed by atoms with E-state index in [9.17, 15) is 4.79 Å². The Kier molecular flexibility index (Phi) is 4.69. The van der Waals surface area contributed by atoms with E-state index in [4.69, 9.17) is 51.7 Å². The Bertz CT molecular complexity index is 455. The van der Waals surface area contributed by atoms with Crippen molar-refractivity contribution in [2.24, 2.45) is 0 Å². The number of amides is 1. The number of hydrogen-bond donors (Lipinski definition) is 0. The minimum absolute atomic E-state index is 0.0908. The maximum Gasteiger partial charge on any atom is 0.273 e. The third-order valence-corrected chi connectivity index (χ3v) is 2.86. The Balaban J connectivity index is 3.21. The van der Waals surface area contributed by atoms with E-state index in [2.05, 4.69) is 0 Å². The van der Waals surface area contributed by atoms with Crippen LogP contribution >= 0.6 is 46.4 Å². The molecule has 1 rings (SSSR count). The van der Waals surface area contributed by atoms with Gasteiger partial charge in [-0.05, 0) is 12.1 Å². The van der Waals surface area contributed by atoms with Crippen molar-refractivity contribution >= 4 is 58.0 Å². The van der Waals surface area contributed by atoms with Gasteiger partial charge in [0.2, 0.25) is 0 Å². The van der Waals surface area contributed by atoms with Crippen molar-refractivity contribution in [1.82, 2.24) is 0 Å². The highest BCUT2D eigenvalue weighted by molar-refractivity contribution is 6.55. The first-order valence-corrected chi connectivity index (χ1v) is 5.57. The summed E-state index contributed by atoms with van der Waals surface area (Å²) in [6.07, 6.45) is 1.64. The zero-order chi connectivity index (χ0) is 12.3. The van der Waals surface area contributed by atoms with Crippen LogP contribution in [0.1, 0.15) is 0 Å². The monoisotopic (exact) mass is 296 g/mol. The fraction of sp³-hybridized carbons (Fsp3) is 0.111. The molecule has 0 fully saturated rings. The van der Waals surface area contributed by atoms with Crippen LogP contribution in [-0.2, 0) is 4.79 Å². The van der Waals surface area contributed by atoms with Crippen LogP contribution in [0.15, 0.2) is 18.2 Å². The van der Waals surface area contributed by atoms with Crippen LogP contribution in [0.2, 0.25) is 10.0 Å². The molecule has 0 heterocycles. The van der Waals surface area contributed by atoms with E-state index < -0.39 is 10.7 Å². The molecule has 0 radical (unpaired) electrons. The zero-order valence-electron chi connectivity index (χ0n) is 7.62. The topological polar surface area (TPSA) is 44.1 Å². The quantitative estimate of drug-likeness (QED) is 0.475. The van der Waals surface area contributed by atoms with Gasteiger partial charge in [-0.15, -0.1) is 0 Å². The normalized spacial score (nSPS) is 10.0. The predicted molar refractivity (Wildman–Crippen MR) is 65.1 cm³/mol. The van der Waals surface area contributed by atoms with Crippen molar-refractivity contribution in [3.63, 3.8) is 0 Å². The Morgan fingerprint density at radius 1 is 1.38 bits per heavy atom. The van der Waals surface area contributed by atoms with Gasteiger partial charge in [0.25, 0.3) is 5.91 Å². The standard InChI is InChI=1S/C9H4Cl4N2O/c10-5-2-1-3-6(7(5)11)15(4-14)9(16)8(12)13/h1-3,8H. The number of alkyl halides is 2. The molecule has 0 aliphatic rings. The molecule has 0 aromatic heterocycles. The van der Waals surface area contributed by atoms with E-state index in [-0.39, 0.29) is 15.7 Å². The largest absolute Gasteiger partial charge is 0.273 e. The first-order valence-electron chi connectivity index (χ1n) is 3.95. The van der Waals surface area contributed by atoms with Gasteiger partial charge >= 0.3 is 0 Å². The van der Waals surface area contributed by atoms with E-state index in [0.29, 0.717) is 4.90 Å². The van der Waals surface area contributed by atoms with Crippen molar-refractivity contribution in [2.45, 2.75) is 4.84 Å². The van der Waals surface area contributed by atoms with Crippen LogP contribution in [0.4, 0.5) is 5.69 Å². The summed E-state index contributed by atoms with van der Waals surface area (Å²) < 4.78 is 0. The molecule has 1 aromatic carbocycles. The van der Waals surface area contributed by atoms with Gasteiger partial charge in [0.05, 0.1) is 15.7 Å². The average Bonchev–Trinajstić information content (AvgIpc) is 2.24. The van der Waals surface area contributed by atoms with E-state index in [0.717, 1.165) is 0 Å². The van der Waals surface area contributed by atoms with Gasteiger partial charge in [-0.25, -0.2) is 4.90 Å². The summed E-state index contributed by atoms with van der Waals surface area (Å²) in [7, 11) is 0. The summed E-state index contributed by atoms with van der Waals surface area (Å²) in [5.74, 6) is -0.782. The SMILES string of the molecule is N#CN(C(=O)C(Cl)Cl)c1cccc(Cl)c1Cl. The van der Waals surface area contributed by atoms with Crippen LogP contribution in [0.3, 0.4) is 0 Å². The molecule has 0 unspecified atom stereocenters. The van der Waals surface area contributed by atoms with Crippen molar-refractivity contribution in [2.75, 3.05) is 4.90 Å². The third-order valence-electron chi connectivity index (χ3n) is 1.68. The minimum atomic E-state index is -1.34. The number of carbonyl (C=O) groups is 1. The summed E-state index contributed by atoms with van der Waals surface area (Å²) in [4.78, 5) is 10.8. The van der Waals surface area contributed by atoms with Crippen molar-refractivity contribution in [3.05, 3.63) is 28.2 Å². The van der Waals surface area contributed by atoms with Gasteiger partial charge in [-0.1, -0.05) is 52.5 Å². The fourth-order valence-corrected chi connectivity index (χ4v) is 1.56. The Hall–Kier alpha value is -0.660. The molecule has 0 spiro atoms. The van der Waals surface area contributed by atoms with Gasteiger partial charge in [0.1, 0.15) is 0 Å². The van der Waals surface area contributed by atoms with Crippen LogP contribution in [0, 0.1) is 11.5 Å². The summed E-state index contributed by atoms with van der Waals surface area (Å²) in [6, 6.07) is 4.55. The van der Waals surface area contributed by atoms with Crippen LogP contribution < -0.4 is 4.90 Å². The van der Waals surface area contributed by atoms with Crippen LogP contribution in [0.25, 0.3) is 0 Å². The first kappa shape index (κ1) is 13.4. The first-order chi connectivity index (χ1) is 7.49. The van der Waals surface area contributed by atoms with Crippen LogP contribution in [0.5, 0.6) is 0 Å². The number of hydrogen-bond acceptors (Lipinski definition) is 2. The molecular weight excluding hydrogens is 294 g/mol. The van der Waals surface area contributed by atoms with Gasteiger partial charge in [-0.3, -0.25) is 4.79 Å². The van der Waals surface area contributed by atoms with E-state index in [1.54, 1.807) is 12.3 Å². The van der Waals surface area contributed by atoms with E-state index in [1.807, 2.05) is 0 Å². The Morgan fingerprint density at radius 2 is 2.00 bits per heavy atom. The number of rotatable bonds is 2. The van der Waals surface area contributed by atoms with Gasteiger partial charge < -0.3 is 0 Å². The molecule has 84 valence electrons. The summed E-state index contributed by atoms with van der Waals surface area (Å²) in [6.45, 7) is 0. The molecule has 3 nitrogen and oxygen atoms in total. The summed E-state index contributed by atoms with van der Waals surface area (Å²) >= 11 is 22.4. The molecule has 16 heavy (non-hydrogen) atoms. The number of halogens is 4. The molecule has 0 saturated carbocycles. The second kappa shape index (κ2) is 5.60. The highest BCUT2D eigenvalue weighted by Crippen LogP contribution is 2.32. The van der Waals surface area contributed by atoms with Gasteiger partial charge in [0, 0.05) is 0 Å². The Labute approximate surface area is 112 Å². The number of carbonyl (C=O) groups excluding carboxylic acids is 1. The van der Waals surface area contributed by atoms with E-state index in [1.165, 1.54) is 12.1 Å².